The highest BCUT2D eigenvalue weighted by Crippen LogP contribution is 2.18. The monoisotopic (exact) mass is 314 g/mol. The van der Waals surface area contributed by atoms with E-state index in [1.54, 1.807) is 6.20 Å². The molecule has 0 unspecified atom stereocenters. The smallest absolute Gasteiger partial charge is 0.226 e. The summed E-state index contributed by atoms with van der Waals surface area (Å²) in [7, 11) is 0. The first-order valence-electron chi connectivity index (χ1n) is 7.67. The Labute approximate surface area is 133 Å². The van der Waals surface area contributed by atoms with E-state index in [4.69, 9.17) is 0 Å². The maximum atomic E-state index is 12.0. The van der Waals surface area contributed by atoms with Crippen LogP contribution in [-0.4, -0.2) is 28.5 Å². The second kappa shape index (κ2) is 9.05. The highest BCUT2D eigenvalue weighted by Gasteiger charge is 2.15. The Morgan fingerprint density at radius 1 is 1.48 bits per heavy atom. The minimum Gasteiger partial charge on any atom is -0.317 e. The SMILES string of the molecule is CC(C)Cn1ccnc1NC(=O)CCC1CCNCC1.Cl. The van der Waals surface area contributed by atoms with Crippen LogP contribution in [0.5, 0.6) is 0 Å². The molecule has 0 saturated carbocycles. The van der Waals surface area contributed by atoms with Crippen LogP contribution < -0.4 is 10.6 Å². The van der Waals surface area contributed by atoms with Crippen LogP contribution in [0.25, 0.3) is 0 Å². The quantitative estimate of drug-likeness (QED) is 0.848. The summed E-state index contributed by atoms with van der Waals surface area (Å²) in [6, 6.07) is 0. The molecule has 1 aliphatic rings. The second-order valence-electron chi connectivity index (χ2n) is 6.08. The van der Waals surface area contributed by atoms with Crippen LogP contribution in [0, 0.1) is 11.8 Å². The molecule has 1 fully saturated rings. The molecule has 1 aromatic rings. The fraction of sp³-hybridized carbons (Fsp3) is 0.733. The van der Waals surface area contributed by atoms with Crippen LogP contribution in [0.15, 0.2) is 12.4 Å². The van der Waals surface area contributed by atoms with Crippen LogP contribution in [0.3, 0.4) is 0 Å². The molecule has 1 amide bonds. The van der Waals surface area contributed by atoms with Gasteiger partial charge in [0.1, 0.15) is 0 Å². The van der Waals surface area contributed by atoms with Crippen molar-refractivity contribution < 1.29 is 4.79 Å². The number of nitrogens with one attached hydrogen (secondary N) is 2. The van der Waals surface area contributed by atoms with Gasteiger partial charge < -0.3 is 9.88 Å². The summed E-state index contributed by atoms with van der Waals surface area (Å²) >= 11 is 0. The summed E-state index contributed by atoms with van der Waals surface area (Å²) in [6.45, 7) is 7.37. The molecule has 1 aliphatic heterocycles. The van der Waals surface area contributed by atoms with Crippen molar-refractivity contribution in [1.82, 2.24) is 14.9 Å². The van der Waals surface area contributed by atoms with E-state index in [9.17, 15) is 4.79 Å². The highest BCUT2D eigenvalue weighted by atomic mass is 35.5. The molecular weight excluding hydrogens is 288 g/mol. The van der Waals surface area contributed by atoms with Crippen molar-refractivity contribution in [3.05, 3.63) is 12.4 Å². The molecule has 0 aromatic carbocycles. The number of hydrogen-bond acceptors (Lipinski definition) is 3. The maximum absolute atomic E-state index is 12.0. The molecule has 120 valence electrons. The zero-order chi connectivity index (χ0) is 14.4. The van der Waals surface area contributed by atoms with Crippen LogP contribution in [0.2, 0.25) is 0 Å². The fourth-order valence-electron chi connectivity index (χ4n) is 2.67. The summed E-state index contributed by atoms with van der Waals surface area (Å²) in [5, 5.41) is 6.28. The van der Waals surface area contributed by atoms with Crippen LogP contribution >= 0.6 is 12.4 Å². The van der Waals surface area contributed by atoms with Crippen LogP contribution in [0.4, 0.5) is 5.95 Å². The van der Waals surface area contributed by atoms with Gasteiger partial charge in [-0.2, -0.15) is 0 Å². The summed E-state index contributed by atoms with van der Waals surface area (Å²) < 4.78 is 2.01. The Bertz CT molecular complexity index is 427. The third-order valence-corrected chi connectivity index (χ3v) is 3.77. The maximum Gasteiger partial charge on any atom is 0.226 e. The third-order valence-electron chi connectivity index (χ3n) is 3.77. The minimum absolute atomic E-state index is 0. The zero-order valence-electron chi connectivity index (χ0n) is 13.0. The summed E-state index contributed by atoms with van der Waals surface area (Å²) in [5.74, 6) is 1.99. The van der Waals surface area contributed by atoms with Crippen LogP contribution in [0.1, 0.15) is 39.5 Å². The number of halogens is 1. The van der Waals surface area contributed by atoms with E-state index < -0.39 is 0 Å². The van der Waals surface area contributed by atoms with Gasteiger partial charge in [0.25, 0.3) is 0 Å². The topological polar surface area (TPSA) is 59.0 Å². The van der Waals surface area contributed by atoms with E-state index in [1.807, 2.05) is 10.8 Å². The third kappa shape index (κ3) is 6.06. The number of carbonyl (C=O) groups is 1. The lowest BCUT2D eigenvalue weighted by Gasteiger charge is -2.22. The largest absolute Gasteiger partial charge is 0.317 e. The molecule has 2 heterocycles. The molecule has 0 aliphatic carbocycles. The van der Waals surface area contributed by atoms with Crippen LogP contribution in [-0.2, 0) is 11.3 Å². The molecule has 0 spiro atoms. The van der Waals surface area contributed by atoms with E-state index in [0.29, 0.717) is 24.2 Å². The number of nitrogens with zero attached hydrogens (tertiary/aromatic N) is 2. The van der Waals surface area contributed by atoms with Crippen molar-refractivity contribution in [3.8, 4) is 0 Å². The molecule has 2 rings (SSSR count). The van der Waals surface area contributed by atoms with Gasteiger partial charge in [-0.3, -0.25) is 10.1 Å². The van der Waals surface area contributed by atoms with Gasteiger partial charge in [-0.25, -0.2) is 4.98 Å². The normalized spacial score (nSPS) is 15.8. The zero-order valence-corrected chi connectivity index (χ0v) is 13.8. The number of piperidine rings is 1. The predicted octanol–water partition coefficient (Wildman–Crippen LogP) is 2.68. The van der Waals surface area contributed by atoms with E-state index in [0.717, 1.165) is 26.1 Å². The number of aromatic nitrogens is 2. The fourth-order valence-corrected chi connectivity index (χ4v) is 2.67. The molecule has 5 nitrogen and oxygen atoms in total. The van der Waals surface area contributed by atoms with E-state index >= 15 is 0 Å². The van der Waals surface area contributed by atoms with Gasteiger partial charge in [-0.1, -0.05) is 13.8 Å². The van der Waals surface area contributed by atoms with E-state index in [1.165, 1.54) is 12.8 Å². The van der Waals surface area contributed by atoms with Crippen molar-refractivity contribution in [2.45, 2.75) is 46.1 Å². The van der Waals surface area contributed by atoms with Gasteiger partial charge in [0.05, 0.1) is 0 Å². The van der Waals surface area contributed by atoms with E-state index in [-0.39, 0.29) is 18.3 Å². The second-order valence-corrected chi connectivity index (χ2v) is 6.08. The Kier molecular flexibility index (Phi) is 7.75. The number of anilines is 1. The first-order valence-corrected chi connectivity index (χ1v) is 7.67. The van der Waals surface area contributed by atoms with Crippen molar-refractivity contribution >= 4 is 24.3 Å². The molecule has 1 saturated heterocycles. The summed E-state index contributed by atoms with van der Waals surface area (Å²) in [5.41, 5.74) is 0. The lowest BCUT2D eigenvalue weighted by atomic mass is 9.93. The highest BCUT2D eigenvalue weighted by molar-refractivity contribution is 5.89. The molecule has 6 heteroatoms. The Hall–Kier alpha value is -1.07. The summed E-state index contributed by atoms with van der Waals surface area (Å²) in [4.78, 5) is 16.2. The first-order chi connectivity index (χ1) is 9.65. The molecule has 0 radical (unpaired) electrons. The molecule has 21 heavy (non-hydrogen) atoms. The van der Waals surface area contributed by atoms with Crippen molar-refractivity contribution in [2.75, 3.05) is 18.4 Å². The minimum atomic E-state index is 0. The number of carbonyl (C=O) groups excluding carboxylic acids is 1. The predicted molar refractivity (Wildman–Crippen MR) is 87.8 cm³/mol. The molecule has 0 bridgehead atoms. The lowest BCUT2D eigenvalue weighted by Crippen LogP contribution is -2.28. The van der Waals surface area contributed by atoms with Gasteiger partial charge in [0.2, 0.25) is 11.9 Å². The lowest BCUT2D eigenvalue weighted by molar-refractivity contribution is -0.116. The number of rotatable bonds is 6. The average molecular weight is 315 g/mol. The molecule has 2 N–H and O–H groups in total. The average Bonchev–Trinajstić information content (AvgIpc) is 2.84. The van der Waals surface area contributed by atoms with Crippen molar-refractivity contribution in [3.63, 3.8) is 0 Å². The van der Waals surface area contributed by atoms with Gasteiger partial charge >= 0.3 is 0 Å². The molecule has 0 atom stereocenters. The summed E-state index contributed by atoms with van der Waals surface area (Å²) in [6.07, 6.45) is 7.62. The Morgan fingerprint density at radius 2 is 2.19 bits per heavy atom. The Morgan fingerprint density at radius 3 is 2.86 bits per heavy atom. The van der Waals surface area contributed by atoms with Gasteiger partial charge in [0, 0.05) is 25.4 Å². The van der Waals surface area contributed by atoms with Crippen molar-refractivity contribution in [1.29, 1.82) is 0 Å². The number of hydrogen-bond donors (Lipinski definition) is 2. The molecule has 1 aromatic heterocycles. The van der Waals surface area contributed by atoms with Gasteiger partial charge in [-0.15, -0.1) is 12.4 Å². The first kappa shape index (κ1) is 18.0. The molecular formula is C15H27ClN4O. The Balaban J connectivity index is 0.00000220. The standard InChI is InChI=1S/C15H26N4O.ClH/c1-12(2)11-19-10-9-17-15(19)18-14(20)4-3-13-5-7-16-8-6-13;/h9-10,12-13,16H,3-8,11H2,1-2H3,(H,17,18,20);1H. The number of amides is 1. The van der Waals surface area contributed by atoms with Crippen molar-refractivity contribution in [2.24, 2.45) is 11.8 Å². The van der Waals surface area contributed by atoms with E-state index in [2.05, 4.69) is 29.5 Å². The van der Waals surface area contributed by atoms with Gasteiger partial charge in [-0.05, 0) is 44.2 Å². The number of imidazole rings is 1. The van der Waals surface area contributed by atoms with Gasteiger partial charge in [0.15, 0.2) is 0 Å².